The van der Waals surface area contributed by atoms with E-state index in [0.29, 0.717) is 5.01 Å². The van der Waals surface area contributed by atoms with Crippen LogP contribution in [0.3, 0.4) is 0 Å². The van der Waals surface area contributed by atoms with Gasteiger partial charge in [-0.25, -0.2) is 15.0 Å². The normalized spacial score (nSPS) is 10.7. The van der Waals surface area contributed by atoms with Crippen molar-refractivity contribution in [2.75, 3.05) is 13.2 Å². The lowest BCUT2D eigenvalue weighted by Gasteiger charge is -2.39. The zero-order valence-electron chi connectivity index (χ0n) is 17.8. The Hall–Kier alpha value is -3.68. The van der Waals surface area contributed by atoms with Crippen molar-refractivity contribution in [3.63, 3.8) is 0 Å². The number of Topliss-reactive ketones (excluding diaryl/α,β-unsaturated/α-hetero) is 2. The third-order valence-electron chi connectivity index (χ3n) is 4.65. The van der Waals surface area contributed by atoms with Crippen LogP contribution in [0.15, 0.2) is 60.7 Å². The minimum absolute atomic E-state index is 0.0287. The van der Waals surface area contributed by atoms with Crippen molar-refractivity contribution in [2.24, 2.45) is 0 Å². The summed E-state index contributed by atoms with van der Waals surface area (Å²) in [5, 5.41) is 0.652. The van der Waals surface area contributed by atoms with Gasteiger partial charge in [-0.2, -0.15) is 5.01 Å². The summed E-state index contributed by atoms with van der Waals surface area (Å²) in [5.74, 6) is -1.32. The number of carbonyl (C=O) groups is 4. The summed E-state index contributed by atoms with van der Waals surface area (Å²) in [6, 6.07) is 16.2. The van der Waals surface area contributed by atoms with Crippen molar-refractivity contribution in [1.82, 2.24) is 10.4 Å². The Labute approximate surface area is 181 Å². The van der Waals surface area contributed by atoms with Crippen molar-refractivity contribution in [2.45, 2.75) is 32.7 Å². The van der Waals surface area contributed by atoms with Gasteiger partial charge in [0.05, 0.1) is 13.2 Å². The van der Waals surface area contributed by atoms with E-state index in [1.807, 2.05) is 0 Å². The molecule has 8 heteroatoms. The van der Waals surface area contributed by atoms with Gasteiger partial charge >= 0.3 is 12.2 Å². The van der Waals surface area contributed by atoms with Crippen LogP contribution in [-0.4, -0.2) is 47.5 Å². The van der Waals surface area contributed by atoms with Crippen molar-refractivity contribution in [3.05, 3.63) is 71.8 Å². The number of nitrogens with zero attached hydrogens (tertiary/aromatic N) is 1. The second kappa shape index (κ2) is 10.9. The fourth-order valence-corrected chi connectivity index (χ4v) is 3.18. The Kier molecular flexibility index (Phi) is 8.31. The second-order valence-electron chi connectivity index (χ2n) is 6.47. The number of carbonyl (C=O) groups excluding carboxylic acids is 4. The Bertz CT molecular complexity index is 863. The highest BCUT2D eigenvalue weighted by Crippen LogP contribution is 2.29. The number of hydrogen-bond donors (Lipinski definition) is 1. The summed E-state index contributed by atoms with van der Waals surface area (Å²) in [4.78, 5) is 52.6. The van der Waals surface area contributed by atoms with Crippen LogP contribution in [0.2, 0.25) is 0 Å². The van der Waals surface area contributed by atoms with Gasteiger partial charge in [0.25, 0.3) is 0 Å². The molecule has 0 saturated carbocycles. The van der Waals surface area contributed by atoms with Gasteiger partial charge in [0.1, 0.15) is 0 Å². The highest BCUT2D eigenvalue weighted by atomic mass is 16.6. The summed E-state index contributed by atoms with van der Waals surface area (Å²) < 4.78 is 9.96. The number of hydrazine groups is 1. The molecule has 0 aliphatic heterocycles. The van der Waals surface area contributed by atoms with E-state index in [-0.39, 0.29) is 30.8 Å². The third kappa shape index (κ3) is 5.09. The minimum Gasteiger partial charge on any atom is -0.449 e. The average molecular weight is 426 g/mol. The lowest BCUT2D eigenvalue weighted by Crippen LogP contribution is -2.67. The van der Waals surface area contributed by atoms with E-state index in [0.717, 1.165) is 0 Å². The first-order chi connectivity index (χ1) is 14.9. The zero-order chi connectivity index (χ0) is 22.9. The van der Waals surface area contributed by atoms with Crippen LogP contribution >= 0.6 is 0 Å². The molecular formula is C23H26N2O6. The summed E-state index contributed by atoms with van der Waals surface area (Å²) in [6.45, 7) is 4.75. The predicted octanol–water partition coefficient (Wildman–Crippen LogP) is 4.02. The zero-order valence-corrected chi connectivity index (χ0v) is 17.8. The van der Waals surface area contributed by atoms with Crippen LogP contribution in [0.1, 0.15) is 47.9 Å². The summed E-state index contributed by atoms with van der Waals surface area (Å²) >= 11 is 0. The van der Waals surface area contributed by atoms with Gasteiger partial charge in [0, 0.05) is 11.1 Å². The first-order valence-electron chi connectivity index (χ1n) is 10.0. The van der Waals surface area contributed by atoms with Gasteiger partial charge in [0.15, 0.2) is 17.1 Å². The molecule has 2 aromatic carbocycles. The maximum Gasteiger partial charge on any atom is 0.430 e. The Morgan fingerprint density at radius 3 is 1.61 bits per heavy atom. The number of nitrogens with one attached hydrogen (secondary N) is 1. The van der Waals surface area contributed by atoms with Crippen molar-refractivity contribution >= 4 is 23.8 Å². The molecule has 0 aliphatic carbocycles. The Morgan fingerprint density at radius 1 is 0.774 bits per heavy atom. The highest BCUT2D eigenvalue weighted by Gasteiger charge is 2.53. The van der Waals surface area contributed by atoms with Crippen LogP contribution in [-0.2, 0) is 9.47 Å². The molecule has 164 valence electrons. The maximum absolute atomic E-state index is 13.7. The number of benzene rings is 2. The van der Waals surface area contributed by atoms with E-state index in [9.17, 15) is 19.2 Å². The van der Waals surface area contributed by atoms with Crippen LogP contribution in [0.4, 0.5) is 9.59 Å². The molecule has 31 heavy (non-hydrogen) atoms. The fourth-order valence-electron chi connectivity index (χ4n) is 3.18. The predicted molar refractivity (Wildman–Crippen MR) is 114 cm³/mol. The Balaban J connectivity index is 2.71. The molecule has 0 radical (unpaired) electrons. The molecule has 0 saturated heterocycles. The van der Waals surface area contributed by atoms with Crippen molar-refractivity contribution in [3.8, 4) is 0 Å². The molecule has 0 bridgehead atoms. The van der Waals surface area contributed by atoms with Crippen molar-refractivity contribution < 1.29 is 28.7 Å². The largest absolute Gasteiger partial charge is 0.449 e. The summed E-state index contributed by atoms with van der Waals surface area (Å²) in [5.41, 5.74) is 0.561. The summed E-state index contributed by atoms with van der Waals surface area (Å²) in [7, 11) is 0. The molecule has 8 nitrogen and oxygen atoms in total. The molecule has 0 spiro atoms. The fraction of sp³-hybridized carbons (Fsp3) is 0.304. The molecule has 0 aromatic heterocycles. The average Bonchev–Trinajstić information content (AvgIpc) is 2.80. The number of ether oxygens (including phenoxy) is 2. The minimum atomic E-state index is -2.10. The smallest absolute Gasteiger partial charge is 0.430 e. The SMILES string of the molecule is CCOC(=O)NN(C(=O)OCC)C(CC)(C(=O)c1ccccc1)C(=O)c1ccccc1. The van der Waals surface area contributed by atoms with Gasteiger partial charge in [0.2, 0.25) is 0 Å². The van der Waals surface area contributed by atoms with Gasteiger partial charge in [-0.3, -0.25) is 9.59 Å². The lowest BCUT2D eigenvalue weighted by atomic mass is 9.79. The van der Waals surface area contributed by atoms with Crippen LogP contribution in [0.25, 0.3) is 0 Å². The molecule has 0 unspecified atom stereocenters. The second-order valence-corrected chi connectivity index (χ2v) is 6.47. The Morgan fingerprint density at radius 2 is 1.23 bits per heavy atom. The van der Waals surface area contributed by atoms with E-state index in [1.165, 1.54) is 0 Å². The molecule has 2 rings (SSSR count). The van der Waals surface area contributed by atoms with Crippen LogP contribution < -0.4 is 5.43 Å². The number of hydrogen-bond acceptors (Lipinski definition) is 6. The molecule has 0 heterocycles. The van der Waals surface area contributed by atoms with Crippen molar-refractivity contribution in [1.29, 1.82) is 0 Å². The molecular weight excluding hydrogens is 400 g/mol. The standard InChI is InChI=1S/C23H26N2O6/c1-4-23(19(26)17-13-9-7-10-14-17,20(27)18-15-11-8-12-16-18)25(22(29)31-6-3)24-21(28)30-5-2/h7-16H,4-6H2,1-3H3,(H,24,28). The maximum atomic E-state index is 13.7. The van der Waals surface area contributed by atoms with E-state index < -0.39 is 29.3 Å². The number of amides is 2. The summed E-state index contributed by atoms with van der Waals surface area (Å²) in [6.07, 6.45) is -2.17. The lowest BCUT2D eigenvalue weighted by molar-refractivity contribution is 0.0170. The topological polar surface area (TPSA) is 102 Å². The molecule has 0 fully saturated rings. The molecule has 2 amide bonds. The monoisotopic (exact) mass is 426 g/mol. The molecule has 0 aliphatic rings. The van der Waals surface area contributed by atoms with Crippen LogP contribution in [0, 0.1) is 0 Å². The third-order valence-corrected chi connectivity index (χ3v) is 4.65. The molecule has 1 N–H and O–H groups in total. The first-order valence-corrected chi connectivity index (χ1v) is 10.0. The molecule has 2 aromatic rings. The van der Waals surface area contributed by atoms with Gasteiger partial charge < -0.3 is 9.47 Å². The van der Waals surface area contributed by atoms with Gasteiger partial charge in [-0.05, 0) is 20.3 Å². The van der Waals surface area contributed by atoms with E-state index >= 15 is 0 Å². The van der Waals surface area contributed by atoms with Gasteiger partial charge in [-0.15, -0.1) is 0 Å². The quantitative estimate of drug-likeness (QED) is 0.389. The molecule has 0 atom stereocenters. The van der Waals surface area contributed by atoms with Gasteiger partial charge in [-0.1, -0.05) is 67.6 Å². The van der Waals surface area contributed by atoms with E-state index in [1.54, 1.807) is 81.4 Å². The number of ketones is 2. The first kappa shape index (κ1) is 23.6. The van der Waals surface area contributed by atoms with E-state index in [2.05, 4.69) is 5.43 Å². The number of rotatable bonds is 8. The van der Waals surface area contributed by atoms with Crippen LogP contribution in [0.5, 0.6) is 0 Å². The highest BCUT2D eigenvalue weighted by molar-refractivity contribution is 6.24. The van der Waals surface area contributed by atoms with E-state index in [4.69, 9.17) is 9.47 Å².